The number of aromatic nitrogens is 1. The molecule has 8 heteroatoms. The number of nitrogens with zero attached hydrogens (tertiary/aromatic N) is 1. The second-order valence-corrected chi connectivity index (χ2v) is 6.35. The fourth-order valence-electron chi connectivity index (χ4n) is 2.94. The Balaban J connectivity index is 1.69. The third-order valence-electron chi connectivity index (χ3n) is 4.28. The second-order valence-electron chi connectivity index (χ2n) is 6.35. The molecule has 5 nitrogen and oxygen atoms in total. The maximum absolute atomic E-state index is 13.6. The number of amides is 1. The number of hydrogen-bond acceptors (Lipinski definition) is 3. The number of ether oxygens (including phenoxy) is 1. The minimum Gasteiger partial charge on any atom is -0.452 e. The SMILES string of the molecule is Cc1cc(C(=O)OCC(=O)Nc2ccc(F)cc2F)c(C)n1-c1ccc(F)cc1. The highest BCUT2D eigenvalue weighted by atomic mass is 19.1. The predicted molar refractivity (Wildman–Crippen MR) is 100 cm³/mol. The number of hydrogen-bond donors (Lipinski definition) is 1. The van der Waals surface area contributed by atoms with E-state index in [2.05, 4.69) is 5.32 Å². The molecule has 29 heavy (non-hydrogen) atoms. The quantitative estimate of drug-likeness (QED) is 0.647. The molecule has 1 heterocycles. The zero-order chi connectivity index (χ0) is 21.1. The first-order valence-corrected chi connectivity index (χ1v) is 8.63. The molecule has 0 aliphatic carbocycles. The van der Waals surface area contributed by atoms with Gasteiger partial charge in [0.05, 0.1) is 11.3 Å². The van der Waals surface area contributed by atoms with Gasteiger partial charge in [-0.05, 0) is 56.3 Å². The highest BCUT2D eigenvalue weighted by Gasteiger charge is 2.19. The summed E-state index contributed by atoms with van der Waals surface area (Å²) in [5.74, 6) is -3.59. The van der Waals surface area contributed by atoms with Gasteiger partial charge in [0.15, 0.2) is 6.61 Å². The molecule has 150 valence electrons. The Labute approximate surface area is 164 Å². The zero-order valence-electron chi connectivity index (χ0n) is 15.6. The molecule has 1 N–H and O–H groups in total. The predicted octanol–water partition coefficient (Wildman–Crippen LogP) is 4.31. The molecule has 1 amide bonds. The maximum atomic E-state index is 13.6. The molecule has 0 unspecified atom stereocenters. The van der Waals surface area contributed by atoms with Crippen molar-refractivity contribution in [2.75, 3.05) is 11.9 Å². The van der Waals surface area contributed by atoms with Gasteiger partial charge in [-0.2, -0.15) is 0 Å². The number of esters is 1. The van der Waals surface area contributed by atoms with Crippen molar-refractivity contribution in [2.24, 2.45) is 0 Å². The molecule has 2 aromatic carbocycles. The molecular weight excluding hydrogens is 385 g/mol. The van der Waals surface area contributed by atoms with E-state index in [4.69, 9.17) is 4.74 Å². The van der Waals surface area contributed by atoms with Crippen molar-refractivity contribution in [3.63, 3.8) is 0 Å². The van der Waals surface area contributed by atoms with Gasteiger partial charge in [-0.25, -0.2) is 18.0 Å². The summed E-state index contributed by atoms with van der Waals surface area (Å²) in [5, 5.41) is 2.21. The van der Waals surface area contributed by atoms with Crippen LogP contribution in [0.1, 0.15) is 21.7 Å². The molecule has 0 radical (unpaired) electrons. The third-order valence-corrected chi connectivity index (χ3v) is 4.28. The first kappa shape index (κ1) is 20.2. The smallest absolute Gasteiger partial charge is 0.340 e. The topological polar surface area (TPSA) is 60.3 Å². The summed E-state index contributed by atoms with van der Waals surface area (Å²) in [6, 6.07) is 10.1. The van der Waals surface area contributed by atoms with Crippen LogP contribution in [0.5, 0.6) is 0 Å². The van der Waals surface area contributed by atoms with Crippen molar-refractivity contribution in [3.8, 4) is 5.69 Å². The summed E-state index contributed by atoms with van der Waals surface area (Å²) < 4.78 is 46.4. The summed E-state index contributed by atoms with van der Waals surface area (Å²) in [6.07, 6.45) is 0. The van der Waals surface area contributed by atoms with Gasteiger partial charge in [-0.1, -0.05) is 0 Å². The van der Waals surface area contributed by atoms with Crippen LogP contribution in [0.3, 0.4) is 0 Å². The highest BCUT2D eigenvalue weighted by molar-refractivity contribution is 5.96. The summed E-state index contributed by atoms with van der Waals surface area (Å²) >= 11 is 0. The Morgan fingerprint density at radius 1 is 0.966 bits per heavy atom. The van der Waals surface area contributed by atoms with Crippen LogP contribution in [-0.2, 0) is 9.53 Å². The number of rotatable bonds is 5. The molecule has 1 aromatic heterocycles. The van der Waals surface area contributed by atoms with E-state index in [1.165, 1.54) is 12.1 Å². The number of aryl methyl sites for hydroxylation is 1. The monoisotopic (exact) mass is 402 g/mol. The molecule has 0 spiro atoms. The van der Waals surface area contributed by atoms with E-state index < -0.39 is 30.1 Å². The fourth-order valence-corrected chi connectivity index (χ4v) is 2.94. The van der Waals surface area contributed by atoms with Gasteiger partial charge >= 0.3 is 5.97 Å². The van der Waals surface area contributed by atoms with Crippen molar-refractivity contribution in [1.29, 1.82) is 0 Å². The van der Waals surface area contributed by atoms with Gasteiger partial charge in [-0.15, -0.1) is 0 Å². The van der Waals surface area contributed by atoms with Gasteiger partial charge in [0.25, 0.3) is 5.91 Å². The Hall–Kier alpha value is -3.55. The normalized spacial score (nSPS) is 10.7. The lowest BCUT2D eigenvalue weighted by Gasteiger charge is -2.10. The van der Waals surface area contributed by atoms with Crippen LogP contribution in [0, 0.1) is 31.3 Å². The maximum Gasteiger partial charge on any atom is 0.340 e. The van der Waals surface area contributed by atoms with Crippen LogP contribution in [0.4, 0.5) is 18.9 Å². The van der Waals surface area contributed by atoms with Gasteiger partial charge in [0, 0.05) is 23.1 Å². The molecule has 3 rings (SSSR count). The van der Waals surface area contributed by atoms with Crippen LogP contribution in [0.25, 0.3) is 5.69 Å². The Bertz CT molecular complexity index is 1080. The molecule has 0 bridgehead atoms. The Kier molecular flexibility index (Phi) is 5.72. The summed E-state index contributed by atoms with van der Waals surface area (Å²) in [4.78, 5) is 24.3. The van der Waals surface area contributed by atoms with E-state index in [1.54, 1.807) is 36.6 Å². The molecule has 3 aromatic rings. The molecule has 0 aliphatic heterocycles. The first-order chi connectivity index (χ1) is 13.8. The van der Waals surface area contributed by atoms with E-state index in [0.29, 0.717) is 17.4 Å². The number of halogens is 3. The molecular formula is C21H17F3N2O3. The van der Waals surface area contributed by atoms with Crippen LogP contribution in [0.2, 0.25) is 0 Å². The average molecular weight is 402 g/mol. The van der Waals surface area contributed by atoms with Crippen molar-refractivity contribution in [3.05, 3.63) is 82.9 Å². The lowest BCUT2D eigenvalue weighted by molar-refractivity contribution is -0.119. The summed E-state index contributed by atoms with van der Waals surface area (Å²) in [6.45, 7) is 2.83. The molecule has 0 fully saturated rings. The number of nitrogens with one attached hydrogen (secondary N) is 1. The van der Waals surface area contributed by atoms with Crippen molar-refractivity contribution in [2.45, 2.75) is 13.8 Å². The zero-order valence-corrected chi connectivity index (χ0v) is 15.6. The third kappa shape index (κ3) is 4.48. The van der Waals surface area contributed by atoms with Crippen LogP contribution < -0.4 is 5.32 Å². The van der Waals surface area contributed by atoms with Gasteiger partial charge in [0.2, 0.25) is 0 Å². The van der Waals surface area contributed by atoms with E-state index in [1.807, 2.05) is 0 Å². The van der Waals surface area contributed by atoms with E-state index in [-0.39, 0.29) is 17.1 Å². The van der Waals surface area contributed by atoms with Crippen LogP contribution in [0.15, 0.2) is 48.5 Å². The van der Waals surface area contributed by atoms with Gasteiger partial charge in [-0.3, -0.25) is 4.79 Å². The number of carbonyl (C=O) groups excluding carboxylic acids is 2. The molecule has 0 atom stereocenters. The van der Waals surface area contributed by atoms with Crippen molar-refractivity contribution >= 4 is 17.6 Å². The van der Waals surface area contributed by atoms with Crippen molar-refractivity contribution < 1.29 is 27.5 Å². The average Bonchev–Trinajstić information content (AvgIpc) is 2.97. The minimum absolute atomic E-state index is 0.220. The second kappa shape index (κ2) is 8.22. The van der Waals surface area contributed by atoms with Gasteiger partial charge < -0.3 is 14.6 Å². The van der Waals surface area contributed by atoms with E-state index >= 15 is 0 Å². The lowest BCUT2D eigenvalue weighted by atomic mass is 10.2. The van der Waals surface area contributed by atoms with Crippen LogP contribution >= 0.6 is 0 Å². The lowest BCUT2D eigenvalue weighted by Crippen LogP contribution is -2.21. The molecule has 0 saturated carbocycles. The van der Waals surface area contributed by atoms with E-state index in [9.17, 15) is 22.8 Å². The summed E-state index contributed by atoms with van der Waals surface area (Å²) in [5.41, 5.74) is 1.97. The minimum atomic E-state index is -0.937. The first-order valence-electron chi connectivity index (χ1n) is 8.63. The number of anilines is 1. The van der Waals surface area contributed by atoms with Gasteiger partial charge in [0.1, 0.15) is 17.5 Å². The number of carbonyl (C=O) groups is 2. The van der Waals surface area contributed by atoms with E-state index in [0.717, 1.165) is 17.8 Å². The molecule has 0 saturated heterocycles. The number of benzene rings is 2. The Morgan fingerprint density at radius 2 is 1.62 bits per heavy atom. The summed E-state index contributed by atoms with van der Waals surface area (Å²) in [7, 11) is 0. The Morgan fingerprint density at radius 3 is 2.28 bits per heavy atom. The largest absolute Gasteiger partial charge is 0.452 e. The fraction of sp³-hybridized carbons (Fsp3) is 0.143. The molecule has 0 aliphatic rings. The highest BCUT2D eigenvalue weighted by Crippen LogP contribution is 2.22. The van der Waals surface area contributed by atoms with Crippen molar-refractivity contribution in [1.82, 2.24) is 4.57 Å². The standard InChI is InChI=1S/C21H17F3N2O3/c1-12-9-17(13(2)26(12)16-6-3-14(22)4-7-16)21(28)29-11-20(27)25-19-8-5-15(23)10-18(19)24/h3-10H,11H2,1-2H3,(H,25,27). The van der Waals surface area contributed by atoms with Crippen LogP contribution in [-0.4, -0.2) is 23.1 Å².